The Morgan fingerprint density at radius 1 is 1.11 bits per heavy atom. The summed E-state index contributed by atoms with van der Waals surface area (Å²) < 4.78 is 0. The van der Waals surface area contributed by atoms with Gasteiger partial charge in [0, 0.05) is 18.6 Å². The largest absolute Gasteiger partial charge is 0.318 e. The number of rotatable bonds is 6. The maximum absolute atomic E-state index is 3.84. The van der Waals surface area contributed by atoms with Crippen molar-refractivity contribution in [2.24, 2.45) is 0 Å². The topological polar surface area (TPSA) is 24.1 Å². The van der Waals surface area contributed by atoms with Crippen LogP contribution in [0.5, 0.6) is 0 Å². The Labute approximate surface area is 111 Å². The molecule has 1 aliphatic carbocycles. The third kappa shape index (κ3) is 4.43. The maximum atomic E-state index is 3.84. The highest BCUT2D eigenvalue weighted by molar-refractivity contribution is 5.16. The van der Waals surface area contributed by atoms with Crippen LogP contribution in [0, 0.1) is 0 Å². The van der Waals surface area contributed by atoms with Crippen molar-refractivity contribution < 1.29 is 0 Å². The van der Waals surface area contributed by atoms with Crippen LogP contribution in [0.3, 0.4) is 0 Å². The molecule has 1 fully saturated rings. The molecule has 0 heterocycles. The summed E-state index contributed by atoms with van der Waals surface area (Å²) in [7, 11) is 2.04. The SMILES string of the molecule is CNC[C@H](Cc1ccccc1)NC1CCCCC1. The van der Waals surface area contributed by atoms with Gasteiger partial charge in [0.25, 0.3) is 0 Å². The molecule has 0 bridgehead atoms. The molecule has 1 atom stereocenters. The minimum Gasteiger partial charge on any atom is -0.318 e. The van der Waals surface area contributed by atoms with Crippen LogP contribution in [0.25, 0.3) is 0 Å². The Morgan fingerprint density at radius 2 is 1.83 bits per heavy atom. The van der Waals surface area contributed by atoms with E-state index < -0.39 is 0 Å². The minimum absolute atomic E-state index is 0.556. The van der Waals surface area contributed by atoms with Gasteiger partial charge in [-0.25, -0.2) is 0 Å². The van der Waals surface area contributed by atoms with Crippen molar-refractivity contribution in [2.75, 3.05) is 13.6 Å². The second kappa shape index (κ2) is 7.55. The minimum atomic E-state index is 0.556. The number of benzene rings is 1. The molecule has 0 aliphatic heterocycles. The first kappa shape index (κ1) is 13.6. The van der Waals surface area contributed by atoms with E-state index in [0.29, 0.717) is 6.04 Å². The predicted octanol–water partition coefficient (Wildman–Crippen LogP) is 2.74. The first-order valence-corrected chi connectivity index (χ1v) is 7.33. The van der Waals surface area contributed by atoms with Crippen LogP contribution >= 0.6 is 0 Å². The van der Waals surface area contributed by atoms with Gasteiger partial charge in [0.2, 0.25) is 0 Å². The summed E-state index contributed by atoms with van der Waals surface area (Å²) >= 11 is 0. The highest BCUT2D eigenvalue weighted by Gasteiger charge is 2.17. The van der Waals surface area contributed by atoms with E-state index in [1.807, 2.05) is 7.05 Å². The Bertz CT molecular complexity index is 317. The maximum Gasteiger partial charge on any atom is 0.0235 e. The number of hydrogen-bond acceptors (Lipinski definition) is 2. The van der Waals surface area contributed by atoms with Gasteiger partial charge in [-0.2, -0.15) is 0 Å². The summed E-state index contributed by atoms with van der Waals surface area (Å²) in [5, 5.41) is 7.16. The molecule has 18 heavy (non-hydrogen) atoms. The quantitative estimate of drug-likeness (QED) is 0.806. The summed E-state index contributed by atoms with van der Waals surface area (Å²) in [5.41, 5.74) is 1.43. The van der Waals surface area contributed by atoms with E-state index in [2.05, 4.69) is 41.0 Å². The van der Waals surface area contributed by atoms with Gasteiger partial charge >= 0.3 is 0 Å². The van der Waals surface area contributed by atoms with Gasteiger partial charge in [0.15, 0.2) is 0 Å². The van der Waals surface area contributed by atoms with Crippen molar-refractivity contribution in [1.82, 2.24) is 10.6 Å². The van der Waals surface area contributed by atoms with Gasteiger partial charge in [-0.3, -0.25) is 0 Å². The molecule has 2 nitrogen and oxygen atoms in total. The van der Waals surface area contributed by atoms with E-state index in [-0.39, 0.29) is 0 Å². The van der Waals surface area contributed by atoms with Crippen LogP contribution in [0.2, 0.25) is 0 Å². The lowest BCUT2D eigenvalue weighted by Gasteiger charge is -2.28. The smallest absolute Gasteiger partial charge is 0.0235 e. The fourth-order valence-corrected chi connectivity index (χ4v) is 2.94. The summed E-state index contributed by atoms with van der Waals surface area (Å²) in [6.45, 7) is 1.05. The van der Waals surface area contributed by atoms with Crippen LogP contribution in [0.1, 0.15) is 37.7 Å². The standard InChI is InChI=1S/C16H26N2/c1-17-13-16(12-14-8-4-2-5-9-14)18-15-10-6-3-7-11-15/h2,4-5,8-9,15-18H,3,6-7,10-13H2,1H3/t16-/m0/s1. The molecule has 0 radical (unpaired) electrons. The molecule has 2 N–H and O–H groups in total. The summed E-state index contributed by atoms with van der Waals surface area (Å²) in [6.07, 6.45) is 8.06. The summed E-state index contributed by atoms with van der Waals surface area (Å²) in [6, 6.07) is 12.1. The van der Waals surface area contributed by atoms with E-state index in [0.717, 1.165) is 19.0 Å². The Morgan fingerprint density at radius 3 is 2.50 bits per heavy atom. The average molecular weight is 246 g/mol. The molecule has 0 amide bonds. The van der Waals surface area contributed by atoms with E-state index >= 15 is 0 Å². The predicted molar refractivity (Wildman–Crippen MR) is 77.9 cm³/mol. The molecule has 0 aromatic heterocycles. The van der Waals surface area contributed by atoms with E-state index in [4.69, 9.17) is 0 Å². The molecule has 0 unspecified atom stereocenters. The van der Waals surface area contributed by atoms with Gasteiger partial charge in [-0.1, -0.05) is 49.6 Å². The Balaban J connectivity index is 1.86. The summed E-state index contributed by atoms with van der Waals surface area (Å²) in [5.74, 6) is 0. The van der Waals surface area contributed by atoms with Crippen LogP contribution in [-0.2, 0) is 6.42 Å². The highest BCUT2D eigenvalue weighted by Crippen LogP contribution is 2.18. The second-order valence-corrected chi connectivity index (χ2v) is 5.45. The van der Waals surface area contributed by atoms with E-state index in [9.17, 15) is 0 Å². The number of nitrogens with one attached hydrogen (secondary N) is 2. The monoisotopic (exact) mass is 246 g/mol. The lowest BCUT2D eigenvalue weighted by Crippen LogP contribution is -2.45. The average Bonchev–Trinajstić information content (AvgIpc) is 2.41. The first-order valence-electron chi connectivity index (χ1n) is 7.33. The second-order valence-electron chi connectivity index (χ2n) is 5.45. The third-order valence-electron chi connectivity index (χ3n) is 3.85. The molecule has 1 aromatic rings. The van der Waals surface area contributed by atoms with Gasteiger partial charge in [-0.05, 0) is 31.9 Å². The number of hydrogen-bond donors (Lipinski definition) is 2. The Kier molecular flexibility index (Phi) is 5.69. The van der Waals surface area contributed by atoms with Crippen molar-refractivity contribution in [3.63, 3.8) is 0 Å². The molecule has 1 aromatic carbocycles. The molecule has 1 saturated carbocycles. The lowest BCUT2D eigenvalue weighted by molar-refractivity contribution is 0.330. The van der Waals surface area contributed by atoms with Gasteiger partial charge in [-0.15, -0.1) is 0 Å². The first-order chi connectivity index (χ1) is 8.88. The van der Waals surface area contributed by atoms with Crippen molar-refractivity contribution in [3.05, 3.63) is 35.9 Å². The van der Waals surface area contributed by atoms with Crippen LogP contribution in [0.4, 0.5) is 0 Å². The molecular formula is C16H26N2. The fourth-order valence-electron chi connectivity index (χ4n) is 2.94. The van der Waals surface area contributed by atoms with Crippen LogP contribution in [-0.4, -0.2) is 25.7 Å². The van der Waals surface area contributed by atoms with Gasteiger partial charge < -0.3 is 10.6 Å². The third-order valence-corrected chi connectivity index (χ3v) is 3.85. The molecular weight excluding hydrogens is 220 g/mol. The van der Waals surface area contributed by atoms with Crippen LogP contribution in [0.15, 0.2) is 30.3 Å². The summed E-state index contributed by atoms with van der Waals surface area (Å²) in [4.78, 5) is 0. The van der Waals surface area contributed by atoms with E-state index in [1.54, 1.807) is 0 Å². The van der Waals surface area contributed by atoms with Crippen molar-refractivity contribution in [1.29, 1.82) is 0 Å². The zero-order valence-corrected chi connectivity index (χ0v) is 11.5. The van der Waals surface area contributed by atoms with Gasteiger partial charge in [0.05, 0.1) is 0 Å². The van der Waals surface area contributed by atoms with E-state index in [1.165, 1.54) is 37.7 Å². The molecule has 0 saturated heterocycles. The zero-order chi connectivity index (χ0) is 12.6. The van der Waals surface area contributed by atoms with Crippen molar-refractivity contribution >= 4 is 0 Å². The Hall–Kier alpha value is -0.860. The number of likely N-dealkylation sites (N-methyl/N-ethyl adjacent to an activating group) is 1. The molecule has 100 valence electrons. The molecule has 1 aliphatic rings. The fraction of sp³-hybridized carbons (Fsp3) is 0.625. The highest BCUT2D eigenvalue weighted by atomic mass is 15.0. The van der Waals surface area contributed by atoms with Crippen LogP contribution < -0.4 is 10.6 Å². The lowest BCUT2D eigenvalue weighted by atomic mass is 9.94. The normalized spacial score (nSPS) is 18.7. The molecule has 2 heteroatoms. The molecule has 0 spiro atoms. The van der Waals surface area contributed by atoms with Crippen molar-refractivity contribution in [3.8, 4) is 0 Å². The van der Waals surface area contributed by atoms with Gasteiger partial charge in [0.1, 0.15) is 0 Å². The zero-order valence-electron chi connectivity index (χ0n) is 11.5. The van der Waals surface area contributed by atoms with Crippen molar-refractivity contribution in [2.45, 2.75) is 50.6 Å². The molecule has 2 rings (SSSR count).